The van der Waals surface area contributed by atoms with Gasteiger partial charge < -0.3 is 15.4 Å². The van der Waals surface area contributed by atoms with Crippen LogP contribution in [0, 0.1) is 0 Å². The number of nitrogens with one attached hydrogen (secondary N) is 2. The second-order valence-corrected chi connectivity index (χ2v) is 4.43. The normalized spacial score (nSPS) is 22.7. The summed E-state index contributed by atoms with van der Waals surface area (Å²) in [5, 5.41) is 6.20. The van der Waals surface area contributed by atoms with Crippen LogP contribution in [0.3, 0.4) is 0 Å². The molecule has 0 aliphatic heterocycles. The summed E-state index contributed by atoms with van der Waals surface area (Å²) < 4.78 is 5.23. The van der Waals surface area contributed by atoms with Crippen molar-refractivity contribution in [2.24, 2.45) is 0 Å². The maximum absolute atomic E-state index is 10.9. The summed E-state index contributed by atoms with van der Waals surface area (Å²) in [5.41, 5.74) is 1.86. The van der Waals surface area contributed by atoms with E-state index in [1.54, 1.807) is 7.11 Å². The number of methoxy groups -OCH3 is 1. The Hall–Kier alpha value is -1.55. The number of ether oxygens (including phenoxy) is 1. The van der Waals surface area contributed by atoms with Gasteiger partial charge in [0.25, 0.3) is 0 Å². The second-order valence-electron chi connectivity index (χ2n) is 4.43. The molecule has 4 heteroatoms. The number of anilines is 2. The zero-order valence-electron chi connectivity index (χ0n) is 10.2. The van der Waals surface area contributed by atoms with E-state index in [1.807, 2.05) is 24.3 Å². The van der Waals surface area contributed by atoms with Crippen LogP contribution in [0.25, 0.3) is 0 Å². The van der Waals surface area contributed by atoms with Gasteiger partial charge in [0.1, 0.15) is 0 Å². The van der Waals surface area contributed by atoms with Crippen molar-refractivity contribution in [1.29, 1.82) is 0 Å². The zero-order chi connectivity index (χ0) is 12.3. The number of carbonyl (C=O) groups is 1. The molecule has 0 saturated heterocycles. The molecule has 0 radical (unpaired) electrons. The summed E-state index contributed by atoms with van der Waals surface area (Å²) in [4.78, 5) is 10.9. The molecule has 0 aromatic heterocycles. The molecular weight excluding hydrogens is 216 g/mol. The molecule has 4 nitrogen and oxygen atoms in total. The molecule has 1 aromatic carbocycles. The van der Waals surface area contributed by atoms with Gasteiger partial charge in [-0.2, -0.15) is 0 Å². The molecule has 1 saturated carbocycles. The van der Waals surface area contributed by atoms with Crippen molar-refractivity contribution in [1.82, 2.24) is 0 Å². The Morgan fingerprint density at radius 3 is 2.71 bits per heavy atom. The van der Waals surface area contributed by atoms with E-state index in [1.165, 1.54) is 6.92 Å². The third-order valence-electron chi connectivity index (χ3n) is 2.98. The Morgan fingerprint density at radius 2 is 2.06 bits per heavy atom. The molecule has 2 N–H and O–H groups in total. The monoisotopic (exact) mass is 234 g/mol. The van der Waals surface area contributed by atoms with Crippen molar-refractivity contribution in [2.45, 2.75) is 31.9 Å². The molecule has 1 aliphatic rings. The first-order valence-electron chi connectivity index (χ1n) is 5.84. The highest BCUT2D eigenvalue weighted by Crippen LogP contribution is 2.27. The highest BCUT2D eigenvalue weighted by Gasteiger charge is 2.28. The van der Waals surface area contributed by atoms with E-state index in [0.29, 0.717) is 12.1 Å². The summed E-state index contributed by atoms with van der Waals surface area (Å²) in [6, 6.07) is 8.24. The Labute approximate surface area is 101 Å². The molecule has 1 aromatic rings. The van der Waals surface area contributed by atoms with Crippen LogP contribution in [0.15, 0.2) is 24.3 Å². The van der Waals surface area contributed by atoms with E-state index >= 15 is 0 Å². The van der Waals surface area contributed by atoms with E-state index in [0.717, 1.165) is 24.2 Å². The van der Waals surface area contributed by atoms with Gasteiger partial charge in [-0.3, -0.25) is 4.79 Å². The molecular formula is C13H18N2O2. The van der Waals surface area contributed by atoms with Gasteiger partial charge in [-0.05, 0) is 31.0 Å². The van der Waals surface area contributed by atoms with Gasteiger partial charge in [0, 0.05) is 31.5 Å². The topological polar surface area (TPSA) is 50.4 Å². The van der Waals surface area contributed by atoms with Crippen LogP contribution in [0.1, 0.15) is 19.8 Å². The molecule has 1 amide bonds. The molecule has 92 valence electrons. The number of benzene rings is 1. The largest absolute Gasteiger partial charge is 0.382 e. The lowest BCUT2D eigenvalue weighted by molar-refractivity contribution is -0.114. The Kier molecular flexibility index (Phi) is 3.64. The zero-order valence-corrected chi connectivity index (χ0v) is 10.2. The summed E-state index contributed by atoms with van der Waals surface area (Å²) in [6.07, 6.45) is 2.48. The Bertz CT molecular complexity index is 400. The number of carbonyl (C=O) groups excluding carboxylic acids is 1. The van der Waals surface area contributed by atoms with Crippen LogP contribution in [0.2, 0.25) is 0 Å². The minimum atomic E-state index is -0.0507. The van der Waals surface area contributed by atoms with Crippen molar-refractivity contribution < 1.29 is 9.53 Å². The molecule has 0 unspecified atom stereocenters. The minimum absolute atomic E-state index is 0.0507. The van der Waals surface area contributed by atoms with Gasteiger partial charge in [-0.25, -0.2) is 0 Å². The fraction of sp³-hybridized carbons (Fsp3) is 0.462. The van der Waals surface area contributed by atoms with E-state index in [2.05, 4.69) is 10.6 Å². The molecule has 0 heterocycles. The molecule has 0 bridgehead atoms. The van der Waals surface area contributed by atoms with Crippen LogP contribution in [0.5, 0.6) is 0 Å². The molecule has 1 fully saturated rings. The molecule has 1 aliphatic carbocycles. The van der Waals surface area contributed by atoms with E-state index in [4.69, 9.17) is 4.74 Å². The quantitative estimate of drug-likeness (QED) is 0.840. The van der Waals surface area contributed by atoms with Crippen molar-refractivity contribution in [3.63, 3.8) is 0 Å². The van der Waals surface area contributed by atoms with Crippen molar-refractivity contribution in [2.75, 3.05) is 17.7 Å². The fourth-order valence-corrected chi connectivity index (χ4v) is 2.00. The van der Waals surface area contributed by atoms with Gasteiger partial charge in [0.15, 0.2) is 0 Å². The van der Waals surface area contributed by atoms with Gasteiger partial charge in [-0.1, -0.05) is 6.07 Å². The van der Waals surface area contributed by atoms with Crippen LogP contribution >= 0.6 is 0 Å². The second kappa shape index (κ2) is 5.19. The average Bonchev–Trinajstić information content (AvgIpc) is 2.22. The summed E-state index contributed by atoms with van der Waals surface area (Å²) in [6.45, 7) is 1.51. The van der Waals surface area contributed by atoms with Gasteiger partial charge >= 0.3 is 0 Å². The highest BCUT2D eigenvalue weighted by atomic mass is 16.5. The van der Waals surface area contributed by atoms with E-state index in [9.17, 15) is 4.79 Å². The number of hydrogen-bond acceptors (Lipinski definition) is 3. The van der Waals surface area contributed by atoms with Crippen molar-refractivity contribution in [3.8, 4) is 0 Å². The maximum Gasteiger partial charge on any atom is 0.221 e. The highest BCUT2D eigenvalue weighted by molar-refractivity contribution is 5.89. The smallest absolute Gasteiger partial charge is 0.221 e. The Balaban J connectivity index is 1.90. The first kappa shape index (κ1) is 11.9. The molecule has 0 spiro atoms. The fourth-order valence-electron chi connectivity index (χ4n) is 2.00. The van der Waals surface area contributed by atoms with E-state index < -0.39 is 0 Å². The maximum atomic E-state index is 10.9. The third-order valence-corrected chi connectivity index (χ3v) is 2.98. The number of hydrogen-bond donors (Lipinski definition) is 2. The Morgan fingerprint density at radius 1 is 1.35 bits per heavy atom. The number of amides is 1. The lowest BCUT2D eigenvalue weighted by atomic mass is 9.89. The minimum Gasteiger partial charge on any atom is -0.382 e. The van der Waals surface area contributed by atoms with Crippen LogP contribution in [-0.2, 0) is 9.53 Å². The van der Waals surface area contributed by atoms with Gasteiger partial charge in [-0.15, -0.1) is 0 Å². The molecule has 0 atom stereocenters. The van der Waals surface area contributed by atoms with Crippen molar-refractivity contribution >= 4 is 17.3 Å². The lowest BCUT2D eigenvalue weighted by Gasteiger charge is -2.35. The van der Waals surface area contributed by atoms with Crippen LogP contribution in [-0.4, -0.2) is 25.2 Å². The summed E-state index contributed by atoms with van der Waals surface area (Å²) in [7, 11) is 1.75. The van der Waals surface area contributed by atoms with Crippen LogP contribution in [0.4, 0.5) is 11.4 Å². The van der Waals surface area contributed by atoms with Crippen LogP contribution < -0.4 is 10.6 Å². The standard InChI is InChI=1S/C13H18N2O2/c1-9(16)14-10-4-3-5-11(6-10)15-12-7-13(8-12)17-2/h3-6,12-13,15H,7-8H2,1-2H3,(H,14,16). The third kappa shape index (κ3) is 3.20. The SMILES string of the molecule is COC1CC(Nc2cccc(NC(C)=O)c2)C1. The van der Waals surface area contributed by atoms with E-state index in [-0.39, 0.29) is 5.91 Å². The summed E-state index contributed by atoms with van der Waals surface area (Å²) >= 11 is 0. The average molecular weight is 234 g/mol. The number of rotatable bonds is 4. The predicted octanol–water partition coefficient (Wildman–Crippen LogP) is 2.23. The van der Waals surface area contributed by atoms with Gasteiger partial charge in [0.2, 0.25) is 5.91 Å². The molecule has 2 rings (SSSR count). The van der Waals surface area contributed by atoms with Gasteiger partial charge in [0.05, 0.1) is 6.10 Å². The lowest BCUT2D eigenvalue weighted by Crippen LogP contribution is -2.40. The predicted molar refractivity (Wildman–Crippen MR) is 68.2 cm³/mol. The first-order valence-corrected chi connectivity index (χ1v) is 5.84. The first-order chi connectivity index (χ1) is 8.17. The molecule has 17 heavy (non-hydrogen) atoms. The summed E-state index contributed by atoms with van der Waals surface area (Å²) in [5.74, 6) is -0.0507. The van der Waals surface area contributed by atoms with Crippen molar-refractivity contribution in [3.05, 3.63) is 24.3 Å².